The first kappa shape index (κ1) is 79.7. The van der Waals surface area contributed by atoms with Gasteiger partial charge in [0.1, 0.15) is 17.0 Å². The van der Waals surface area contributed by atoms with Crippen molar-refractivity contribution in [2.24, 2.45) is 10.8 Å². The van der Waals surface area contributed by atoms with Gasteiger partial charge in [-0.3, -0.25) is 33.8 Å². The lowest BCUT2D eigenvalue weighted by molar-refractivity contribution is -0.144. The fourth-order valence-corrected chi connectivity index (χ4v) is 19.1. The smallest absolute Gasteiger partial charge is 0.391 e. The van der Waals surface area contributed by atoms with Crippen LogP contribution in [0.15, 0.2) is 147 Å². The van der Waals surface area contributed by atoms with E-state index in [1.807, 2.05) is 111 Å². The lowest BCUT2D eigenvalue weighted by atomic mass is 9.73. The van der Waals surface area contributed by atoms with Crippen molar-refractivity contribution < 1.29 is 59.1 Å². The fraction of sp³-hybridized carbons (Fsp3) is 0.487. The topological polar surface area (TPSA) is 251 Å². The van der Waals surface area contributed by atoms with Crippen LogP contribution in [-0.4, -0.2) is 183 Å². The van der Waals surface area contributed by atoms with Gasteiger partial charge in [0.25, 0.3) is 25.8 Å². The summed E-state index contributed by atoms with van der Waals surface area (Å²) in [7, 11) is -11.1. The molecule has 5 aromatic carbocycles. The second kappa shape index (κ2) is 33.6. The number of piperazine rings is 2. The largest absolute Gasteiger partial charge is 0.501 e. The molecule has 5 N–H and O–H groups in total. The number of carbonyl (C=O) groups excluding carboxylic acids is 5. The number of aliphatic hydroxyl groups is 1. The zero-order valence-corrected chi connectivity index (χ0v) is 65.0. The zero-order valence-electron chi connectivity index (χ0n) is 61.0. The third-order valence-corrected chi connectivity index (χ3v) is 26.3. The second-order valence-electron chi connectivity index (χ2n) is 30.6. The van der Waals surface area contributed by atoms with Crippen LogP contribution < -0.4 is 25.6 Å². The maximum absolute atomic E-state index is 14.6. The Kier molecular flexibility index (Phi) is 25.3. The number of aliphatic hydroxyl groups excluding tert-OH is 1. The quantitative estimate of drug-likeness (QED) is 0.0226. The number of fused-ring (bicyclic) bond motifs is 2. The second-order valence-corrected chi connectivity index (χ2v) is 36.5. The molecule has 5 aliphatic rings. The molecule has 11 rings (SSSR count). The molecule has 4 fully saturated rings. The number of nitrogens with one attached hydrogen (secondary N) is 4. The van der Waals surface area contributed by atoms with Crippen LogP contribution in [0, 0.1) is 17.8 Å². The maximum atomic E-state index is 14.6. The molecule has 4 saturated heterocycles. The Morgan fingerprint density at radius 3 is 2.13 bits per heavy atom. The molecule has 0 saturated carbocycles. The van der Waals surface area contributed by atoms with Gasteiger partial charge in [0, 0.05) is 123 Å². The van der Waals surface area contributed by atoms with E-state index in [0.717, 1.165) is 83.3 Å². The number of nitrogens with zero attached hydrogens (tertiary/aromatic N) is 6. The number of sulfone groups is 1. The van der Waals surface area contributed by atoms with Gasteiger partial charge in [0.15, 0.2) is 0 Å². The standard InChI is InChI=1S/C78H96ClF3N10O10S4/c1-50(52-18-20-54(21-19-52)71-51(2)83-49-104-71)84-74(97)67-41-62(93)47-92(67)75(98)72(76(3,4)5)86-69(94)16-12-9-13-17-70(95)91-46-60-40-61(91)45-90(60)35-33-58(48-103-63-14-10-8-11-15-63)85-66-31-30-64(42-68(66)105(99,100)78(80,81)82)106(101,102)87-73(96)55-24-28-59(29-25-55)89-38-36-88(37-39-89)44-56-43-77(6,7)34-32-65(56)53-22-26-57(79)27-23-53/h8,10-11,14-15,18-31,42,49-50,58,60-62,67,72,85,93H,9,12-13,16-17,32-41,43-48H2,1-7H3,(H,84,97)(H,86,94)(H,87,96)/t50-,58+,60+,61+,62+,67-,72+/m0/s1. The third-order valence-electron chi connectivity index (χ3n) is 21.1. The molecular weight excluding hydrogens is 1460 g/mol. The molecule has 6 aromatic rings. The first-order valence-electron chi connectivity index (χ1n) is 36.3. The summed E-state index contributed by atoms with van der Waals surface area (Å²) in [6.07, 6.45) is 5.10. The molecule has 28 heteroatoms. The molecule has 0 spiro atoms. The van der Waals surface area contributed by atoms with Crippen molar-refractivity contribution in [3.63, 3.8) is 0 Å². The first-order valence-corrected chi connectivity index (χ1v) is 41.5. The van der Waals surface area contributed by atoms with Crippen molar-refractivity contribution in [1.29, 1.82) is 0 Å². The average molecular weight is 1550 g/mol. The molecule has 5 heterocycles. The van der Waals surface area contributed by atoms with Gasteiger partial charge >= 0.3 is 5.51 Å². The van der Waals surface area contributed by atoms with E-state index in [1.54, 1.807) is 29.0 Å². The Balaban J connectivity index is 0.653. The predicted octanol–water partition coefficient (Wildman–Crippen LogP) is 12.5. The minimum atomic E-state index is -6.19. The van der Waals surface area contributed by atoms with Gasteiger partial charge in [0.05, 0.1) is 38.8 Å². The van der Waals surface area contributed by atoms with Crippen LogP contribution in [0.25, 0.3) is 16.0 Å². The van der Waals surface area contributed by atoms with Crippen LogP contribution in [0.3, 0.4) is 0 Å². The number of rotatable bonds is 28. The lowest BCUT2D eigenvalue weighted by Gasteiger charge is -2.39. The summed E-state index contributed by atoms with van der Waals surface area (Å²) in [4.78, 5) is 83.2. The highest BCUT2D eigenvalue weighted by Gasteiger charge is 2.50. The fourth-order valence-electron chi connectivity index (χ4n) is 15.1. The number of aryl methyl sites for hydroxylation is 1. The number of likely N-dealkylation sites (tertiary alicyclic amines) is 3. The Morgan fingerprint density at radius 2 is 1.48 bits per heavy atom. The summed E-state index contributed by atoms with van der Waals surface area (Å²) in [5.74, 6) is -2.04. The Labute approximate surface area is 633 Å². The molecule has 4 aliphatic heterocycles. The number of β-amino-alcohol motifs (C(OH)–C–C–N with tert-alkyl or cyclic N) is 1. The molecular formula is C78H96ClF3N10O10S4. The van der Waals surface area contributed by atoms with Gasteiger partial charge in [-0.05, 0) is 159 Å². The van der Waals surface area contributed by atoms with Crippen LogP contribution in [0.5, 0.6) is 0 Å². The van der Waals surface area contributed by atoms with Crippen molar-refractivity contribution >= 4 is 101 Å². The summed E-state index contributed by atoms with van der Waals surface area (Å²) in [6, 6.07) is 30.8. The molecule has 570 valence electrons. The summed E-state index contributed by atoms with van der Waals surface area (Å²) in [6.45, 7) is 19.1. The summed E-state index contributed by atoms with van der Waals surface area (Å²) in [5, 5.41) is 20.5. The number of alkyl halides is 3. The Morgan fingerprint density at radius 1 is 0.792 bits per heavy atom. The van der Waals surface area contributed by atoms with Gasteiger partial charge in [-0.25, -0.2) is 26.5 Å². The number of aromatic nitrogens is 1. The first-order chi connectivity index (χ1) is 50.2. The van der Waals surface area contributed by atoms with Crippen LogP contribution in [0.4, 0.5) is 24.5 Å². The number of carbonyl (C=O) groups is 5. The number of thioether (sulfide) groups is 1. The highest BCUT2D eigenvalue weighted by molar-refractivity contribution is 7.99. The number of sulfonamides is 1. The number of benzene rings is 5. The molecule has 5 amide bonds. The highest BCUT2D eigenvalue weighted by atomic mass is 35.5. The predicted molar refractivity (Wildman–Crippen MR) is 410 cm³/mol. The number of halogens is 4. The Bertz CT molecular complexity index is 4400. The number of hydrogen-bond acceptors (Lipinski definition) is 17. The van der Waals surface area contributed by atoms with Crippen LogP contribution >= 0.6 is 34.7 Å². The van der Waals surface area contributed by atoms with Crippen molar-refractivity contribution in [2.45, 2.75) is 182 Å². The number of anilines is 2. The molecule has 106 heavy (non-hydrogen) atoms. The number of unbranched alkanes of at least 4 members (excludes halogenated alkanes) is 2. The zero-order chi connectivity index (χ0) is 76.0. The van der Waals surface area contributed by atoms with Gasteiger partial charge in [-0.2, -0.15) is 13.2 Å². The van der Waals surface area contributed by atoms with E-state index >= 15 is 0 Å². The number of amides is 5. The molecule has 1 aliphatic carbocycles. The van der Waals surface area contributed by atoms with Crippen LogP contribution in [0.1, 0.15) is 145 Å². The molecule has 2 bridgehead atoms. The Hall–Kier alpha value is -7.37. The van der Waals surface area contributed by atoms with Crippen LogP contribution in [0.2, 0.25) is 5.02 Å². The average Bonchev–Trinajstić information content (AvgIpc) is 0.776. The molecule has 20 nitrogen and oxygen atoms in total. The molecule has 1 aromatic heterocycles. The van der Waals surface area contributed by atoms with E-state index in [0.29, 0.717) is 75.9 Å². The van der Waals surface area contributed by atoms with Gasteiger partial charge in [0.2, 0.25) is 23.6 Å². The highest BCUT2D eigenvalue weighted by Crippen LogP contribution is 2.44. The minimum absolute atomic E-state index is 0.0165. The van der Waals surface area contributed by atoms with E-state index in [4.69, 9.17) is 11.6 Å². The van der Waals surface area contributed by atoms with Gasteiger partial charge < -0.3 is 35.8 Å². The normalized spacial score (nSPS) is 20.3. The summed E-state index contributed by atoms with van der Waals surface area (Å²) >= 11 is 9.18. The van der Waals surface area contributed by atoms with E-state index in [-0.39, 0.29) is 66.4 Å². The van der Waals surface area contributed by atoms with Gasteiger partial charge in [-0.15, -0.1) is 23.1 Å². The number of hydrogen-bond donors (Lipinski definition) is 5. The molecule has 0 unspecified atom stereocenters. The molecule has 0 radical (unpaired) electrons. The summed E-state index contributed by atoms with van der Waals surface area (Å²) in [5.41, 5.74) is 2.53. The van der Waals surface area contributed by atoms with E-state index < -0.39 is 94.3 Å². The van der Waals surface area contributed by atoms with E-state index in [9.17, 15) is 59.1 Å². The van der Waals surface area contributed by atoms with Crippen LogP contribution in [-0.2, 0) is 39.0 Å². The van der Waals surface area contributed by atoms with Crippen molar-refractivity contribution in [1.82, 2.24) is 39.9 Å². The van der Waals surface area contributed by atoms with Gasteiger partial charge in [-0.1, -0.05) is 113 Å². The van der Waals surface area contributed by atoms with Crippen molar-refractivity contribution in [2.75, 3.05) is 74.9 Å². The summed E-state index contributed by atoms with van der Waals surface area (Å²) < 4.78 is 101. The third kappa shape index (κ3) is 19.5. The monoisotopic (exact) mass is 1550 g/mol. The maximum Gasteiger partial charge on any atom is 0.501 e. The number of allylic oxidation sites excluding steroid dienone is 1. The van der Waals surface area contributed by atoms with E-state index in [1.165, 1.54) is 45.5 Å². The minimum Gasteiger partial charge on any atom is -0.391 e. The van der Waals surface area contributed by atoms with Crippen molar-refractivity contribution in [3.8, 4) is 10.4 Å². The molecule has 7 atom stereocenters. The lowest BCUT2D eigenvalue weighted by Crippen LogP contribution is -2.57. The van der Waals surface area contributed by atoms with E-state index in [2.05, 4.69) is 61.6 Å². The van der Waals surface area contributed by atoms with Crippen molar-refractivity contribution in [3.05, 3.63) is 160 Å². The SMILES string of the molecule is Cc1ncsc1-c1ccc([C@H](C)NC(=O)[C@@H]2C[C@@H](O)CN2C(=O)[C@@H](NC(=O)CCCCCC(=O)N2C[C@H]3C[C@@H]2CN3CC[C@H](CSc2ccccc2)Nc2ccc(S(=O)(=O)NC(=O)c3ccc(N4CCN(CC5=C(c6ccc(Cl)cc6)CCC(C)(C)C5)CC4)cc3)cc2S(=O)(=O)C(F)(F)F)C(C)(C)C)cc1. The number of thiazole rings is 1.